The topological polar surface area (TPSA) is 0 Å². The SMILES string of the molecule is BrC1=CCC(Br)(c2ccccc2-c2ccccc2)C=C1. The number of hydrogen-bond acceptors (Lipinski definition) is 0. The standard InChI is InChI=1S/C18H14Br2/c19-15-10-12-18(20,13-11-15)17-9-5-4-8-16(17)14-6-2-1-3-7-14/h1-12H,13H2. The minimum Gasteiger partial charge on any atom is -0.0752 e. The predicted molar refractivity (Wildman–Crippen MR) is 93.3 cm³/mol. The molecule has 2 aromatic carbocycles. The molecule has 0 saturated heterocycles. The Morgan fingerprint density at radius 3 is 2.30 bits per heavy atom. The molecule has 2 aromatic rings. The van der Waals surface area contributed by atoms with Gasteiger partial charge in [-0.25, -0.2) is 0 Å². The maximum Gasteiger partial charge on any atom is 0.0729 e. The van der Waals surface area contributed by atoms with Crippen LogP contribution in [0.2, 0.25) is 0 Å². The van der Waals surface area contributed by atoms with Crippen LogP contribution in [0.4, 0.5) is 0 Å². The summed E-state index contributed by atoms with van der Waals surface area (Å²) in [6.45, 7) is 0. The van der Waals surface area contributed by atoms with Gasteiger partial charge in [-0.3, -0.25) is 0 Å². The highest BCUT2D eigenvalue weighted by molar-refractivity contribution is 9.12. The highest BCUT2D eigenvalue weighted by atomic mass is 79.9. The van der Waals surface area contributed by atoms with Gasteiger partial charge in [0.05, 0.1) is 4.32 Å². The molecular formula is C18H14Br2. The molecule has 0 N–H and O–H groups in total. The fraction of sp³-hybridized carbons (Fsp3) is 0.111. The number of benzene rings is 2. The molecular weight excluding hydrogens is 376 g/mol. The van der Waals surface area contributed by atoms with Crippen LogP contribution in [0, 0.1) is 0 Å². The molecule has 0 radical (unpaired) electrons. The first-order chi connectivity index (χ1) is 9.69. The molecule has 1 atom stereocenters. The average molecular weight is 390 g/mol. The smallest absolute Gasteiger partial charge is 0.0729 e. The highest BCUT2D eigenvalue weighted by Crippen LogP contribution is 2.44. The van der Waals surface area contributed by atoms with E-state index in [9.17, 15) is 0 Å². The Balaban J connectivity index is 2.10. The van der Waals surface area contributed by atoms with Crippen molar-refractivity contribution in [2.75, 3.05) is 0 Å². The van der Waals surface area contributed by atoms with E-state index >= 15 is 0 Å². The van der Waals surface area contributed by atoms with Crippen LogP contribution in [-0.2, 0) is 4.32 Å². The van der Waals surface area contributed by atoms with Crippen LogP contribution >= 0.6 is 31.9 Å². The van der Waals surface area contributed by atoms with Crippen molar-refractivity contribution in [1.82, 2.24) is 0 Å². The van der Waals surface area contributed by atoms with Crippen LogP contribution < -0.4 is 0 Å². The van der Waals surface area contributed by atoms with Crippen molar-refractivity contribution < 1.29 is 0 Å². The zero-order valence-corrected chi connectivity index (χ0v) is 14.1. The third kappa shape index (κ3) is 2.68. The molecule has 0 fully saturated rings. The van der Waals surface area contributed by atoms with Crippen LogP contribution in [0.25, 0.3) is 11.1 Å². The Morgan fingerprint density at radius 1 is 0.900 bits per heavy atom. The second-order valence-corrected chi connectivity index (χ2v) is 7.23. The Bertz CT molecular complexity index is 671. The molecule has 0 spiro atoms. The summed E-state index contributed by atoms with van der Waals surface area (Å²) in [5.74, 6) is 0. The van der Waals surface area contributed by atoms with Gasteiger partial charge in [0, 0.05) is 4.48 Å². The molecule has 0 aliphatic heterocycles. The predicted octanol–water partition coefficient (Wildman–Crippen LogP) is 6.18. The second kappa shape index (κ2) is 5.71. The summed E-state index contributed by atoms with van der Waals surface area (Å²) < 4.78 is 1.02. The van der Waals surface area contributed by atoms with Gasteiger partial charge < -0.3 is 0 Å². The normalized spacial score (nSPS) is 21.6. The molecule has 1 aliphatic rings. The van der Waals surface area contributed by atoms with E-state index in [-0.39, 0.29) is 4.32 Å². The van der Waals surface area contributed by atoms with Crippen LogP contribution in [0.3, 0.4) is 0 Å². The minimum absolute atomic E-state index is 0.128. The average Bonchev–Trinajstić information content (AvgIpc) is 2.51. The van der Waals surface area contributed by atoms with E-state index < -0.39 is 0 Å². The molecule has 2 heteroatoms. The van der Waals surface area contributed by atoms with Crippen molar-refractivity contribution in [1.29, 1.82) is 0 Å². The third-order valence-corrected chi connectivity index (χ3v) is 5.16. The Labute approximate surface area is 136 Å². The van der Waals surface area contributed by atoms with Crippen molar-refractivity contribution in [2.24, 2.45) is 0 Å². The molecule has 0 saturated carbocycles. The summed E-state index contributed by atoms with van der Waals surface area (Å²) in [6.07, 6.45) is 7.48. The summed E-state index contributed by atoms with van der Waals surface area (Å²) in [4.78, 5) is 0. The molecule has 1 unspecified atom stereocenters. The first kappa shape index (κ1) is 13.8. The summed E-state index contributed by atoms with van der Waals surface area (Å²) in [7, 11) is 0. The molecule has 0 amide bonds. The third-order valence-electron chi connectivity index (χ3n) is 3.56. The highest BCUT2D eigenvalue weighted by Gasteiger charge is 2.29. The Kier molecular flexibility index (Phi) is 3.95. The summed E-state index contributed by atoms with van der Waals surface area (Å²) in [5.41, 5.74) is 3.84. The van der Waals surface area contributed by atoms with E-state index in [4.69, 9.17) is 0 Å². The van der Waals surface area contributed by atoms with Crippen LogP contribution in [0.1, 0.15) is 12.0 Å². The van der Waals surface area contributed by atoms with Gasteiger partial charge in [-0.2, -0.15) is 0 Å². The molecule has 0 heterocycles. The first-order valence-corrected chi connectivity index (χ1v) is 8.16. The maximum absolute atomic E-state index is 3.93. The van der Waals surface area contributed by atoms with Crippen molar-refractivity contribution in [3.63, 3.8) is 0 Å². The van der Waals surface area contributed by atoms with Gasteiger partial charge in [0.1, 0.15) is 0 Å². The monoisotopic (exact) mass is 388 g/mol. The number of halogens is 2. The van der Waals surface area contributed by atoms with E-state index in [1.807, 2.05) is 0 Å². The number of allylic oxidation sites excluding steroid dienone is 4. The van der Waals surface area contributed by atoms with E-state index in [1.54, 1.807) is 0 Å². The van der Waals surface area contributed by atoms with Crippen molar-refractivity contribution in [2.45, 2.75) is 10.7 Å². The molecule has 0 bridgehead atoms. The largest absolute Gasteiger partial charge is 0.0752 e. The van der Waals surface area contributed by atoms with Crippen LogP contribution in [-0.4, -0.2) is 0 Å². The van der Waals surface area contributed by atoms with Gasteiger partial charge >= 0.3 is 0 Å². The lowest BCUT2D eigenvalue weighted by atomic mass is 9.86. The van der Waals surface area contributed by atoms with E-state index in [0.717, 1.165) is 10.9 Å². The van der Waals surface area contributed by atoms with Crippen molar-refractivity contribution >= 4 is 31.9 Å². The van der Waals surface area contributed by atoms with Crippen LogP contribution in [0.15, 0.2) is 77.3 Å². The van der Waals surface area contributed by atoms with E-state index in [0.29, 0.717) is 0 Å². The molecule has 3 rings (SSSR count). The number of rotatable bonds is 2. The molecule has 20 heavy (non-hydrogen) atoms. The quantitative estimate of drug-likeness (QED) is 0.537. The Hall–Kier alpha value is -1.12. The zero-order valence-electron chi connectivity index (χ0n) is 10.9. The minimum atomic E-state index is -0.128. The van der Waals surface area contributed by atoms with E-state index in [2.05, 4.69) is 105 Å². The maximum atomic E-state index is 3.93. The van der Waals surface area contributed by atoms with Gasteiger partial charge in [0.2, 0.25) is 0 Å². The molecule has 0 nitrogen and oxygen atoms in total. The zero-order chi connectivity index (χ0) is 14.0. The lowest BCUT2D eigenvalue weighted by Crippen LogP contribution is -2.17. The van der Waals surface area contributed by atoms with Gasteiger partial charge in [-0.1, -0.05) is 105 Å². The van der Waals surface area contributed by atoms with Gasteiger partial charge in [0.25, 0.3) is 0 Å². The van der Waals surface area contributed by atoms with E-state index in [1.165, 1.54) is 16.7 Å². The first-order valence-electron chi connectivity index (χ1n) is 6.58. The summed E-state index contributed by atoms with van der Waals surface area (Å²) in [6, 6.07) is 19.1. The van der Waals surface area contributed by atoms with Gasteiger partial charge in [-0.15, -0.1) is 0 Å². The molecule has 100 valence electrons. The fourth-order valence-corrected chi connectivity index (χ4v) is 3.44. The van der Waals surface area contributed by atoms with Crippen molar-refractivity contribution in [3.05, 3.63) is 82.9 Å². The van der Waals surface area contributed by atoms with Gasteiger partial charge in [0.15, 0.2) is 0 Å². The molecule has 1 aliphatic carbocycles. The number of alkyl halides is 1. The van der Waals surface area contributed by atoms with Gasteiger partial charge in [-0.05, 0) is 23.1 Å². The second-order valence-electron chi connectivity index (χ2n) is 4.90. The van der Waals surface area contributed by atoms with Crippen molar-refractivity contribution in [3.8, 4) is 11.1 Å². The summed E-state index contributed by atoms with van der Waals surface area (Å²) in [5, 5.41) is 0. The Morgan fingerprint density at radius 2 is 1.60 bits per heavy atom. The van der Waals surface area contributed by atoms with Crippen LogP contribution in [0.5, 0.6) is 0 Å². The fourth-order valence-electron chi connectivity index (χ4n) is 2.51. The summed E-state index contributed by atoms with van der Waals surface area (Å²) >= 11 is 7.46. The lowest BCUT2D eigenvalue weighted by molar-refractivity contribution is 0.798. The number of hydrogen-bond donors (Lipinski definition) is 0. The molecule has 0 aromatic heterocycles. The lowest BCUT2D eigenvalue weighted by Gasteiger charge is -2.28.